The average Bonchev–Trinajstić information content (AvgIpc) is 3.35. The van der Waals surface area contributed by atoms with Crippen molar-refractivity contribution in [2.45, 2.75) is 19.8 Å². The molecule has 3 aromatic carbocycles. The second kappa shape index (κ2) is 9.02. The summed E-state index contributed by atoms with van der Waals surface area (Å²) < 4.78 is 0. The molecule has 5 rings (SSSR count). The van der Waals surface area contributed by atoms with Crippen molar-refractivity contribution in [3.05, 3.63) is 114 Å². The van der Waals surface area contributed by atoms with Crippen molar-refractivity contribution >= 4 is 22.3 Å². The molecule has 2 aromatic heterocycles. The van der Waals surface area contributed by atoms with E-state index in [0.29, 0.717) is 5.56 Å². The summed E-state index contributed by atoms with van der Waals surface area (Å²) in [6.45, 7) is 2.10. The summed E-state index contributed by atoms with van der Waals surface area (Å²) in [5, 5.41) is 14.4. The number of aryl methyl sites for hydroxylation is 3. The SMILES string of the molecule is Cc1c(Nc2c(C#N)cncc2CCc2ccc(-c3ccccc3)cc2)ccc2[nH]ccc12. The van der Waals surface area contributed by atoms with Crippen molar-refractivity contribution in [3.63, 3.8) is 0 Å². The highest BCUT2D eigenvalue weighted by atomic mass is 14.9. The number of benzene rings is 3. The number of rotatable bonds is 6. The molecule has 4 nitrogen and oxygen atoms in total. The van der Waals surface area contributed by atoms with Gasteiger partial charge in [-0.2, -0.15) is 5.26 Å². The summed E-state index contributed by atoms with van der Waals surface area (Å²) >= 11 is 0. The van der Waals surface area contributed by atoms with Gasteiger partial charge in [-0.1, -0.05) is 54.6 Å². The Labute approximate surface area is 193 Å². The minimum absolute atomic E-state index is 0.556. The van der Waals surface area contributed by atoms with Gasteiger partial charge in [-0.05, 0) is 65.8 Å². The Morgan fingerprint density at radius 2 is 1.67 bits per heavy atom. The van der Waals surface area contributed by atoms with E-state index in [-0.39, 0.29) is 0 Å². The van der Waals surface area contributed by atoms with Crippen LogP contribution in [0.3, 0.4) is 0 Å². The first kappa shape index (κ1) is 20.5. The van der Waals surface area contributed by atoms with Gasteiger partial charge in [0.1, 0.15) is 6.07 Å². The number of nitrogens with one attached hydrogen (secondary N) is 2. The lowest BCUT2D eigenvalue weighted by molar-refractivity contribution is 0.951. The van der Waals surface area contributed by atoms with Crippen LogP contribution in [-0.2, 0) is 12.8 Å². The quantitative estimate of drug-likeness (QED) is 0.308. The van der Waals surface area contributed by atoms with E-state index < -0.39 is 0 Å². The number of aromatic nitrogens is 2. The Kier molecular flexibility index (Phi) is 5.61. The molecule has 0 aliphatic rings. The molecule has 0 aliphatic carbocycles. The van der Waals surface area contributed by atoms with Crippen LogP contribution in [0.5, 0.6) is 0 Å². The van der Waals surface area contributed by atoms with Crippen molar-refractivity contribution in [3.8, 4) is 17.2 Å². The van der Waals surface area contributed by atoms with Crippen LogP contribution in [0.1, 0.15) is 22.3 Å². The van der Waals surface area contributed by atoms with Gasteiger partial charge in [0, 0.05) is 35.2 Å². The topological polar surface area (TPSA) is 64.5 Å². The molecule has 2 heterocycles. The standard InChI is InChI=1S/C29H24N4/c1-20-26-15-16-32-28(26)14-13-27(20)33-29-24(18-31-19-25(29)17-30)12-9-21-7-10-23(11-8-21)22-5-3-2-4-6-22/h2-8,10-11,13-16,18-19,32H,9,12H2,1H3,(H,31,33). The molecule has 0 atom stereocenters. The zero-order chi connectivity index (χ0) is 22.6. The van der Waals surface area contributed by atoms with Crippen LogP contribution in [0.25, 0.3) is 22.0 Å². The summed E-state index contributed by atoms with van der Waals surface area (Å²) in [7, 11) is 0. The summed E-state index contributed by atoms with van der Waals surface area (Å²) in [5.74, 6) is 0. The fraction of sp³-hybridized carbons (Fsp3) is 0.103. The van der Waals surface area contributed by atoms with Crippen molar-refractivity contribution in [1.29, 1.82) is 5.26 Å². The number of nitrogens with zero attached hydrogens (tertiary/aromatic N) is 2. The molecule has 0 bridgehead atoms. The molecule has 0 saturated carbocycles. The normalized spacial score (nSPS) is 10.8. The molecule has 5 aromatic rings. The van der Waals surface area contributed by atoms with Gasteiger partial charge in [0.05, 0.1) is 11.3 Å². The van der Waals surface area contributed by atoms with E-state index in [9.17, 15) is 5.26 Å². The number of pyridine rings is 1. The summed E-state index contributed by atoms with van der Waals surface area (Å²) in [5.41, 5.74) is 9.37. The number of H-pyrrole nitrogens is 1. The number of hydrogen-bond acceptors (Lipinski definition) is 3. The van der Waals surface area contributed by atoms with Crippen molar-refractivity contribution in [1.82, 2.24) is 9.97 Å². The zero-order valence-corrected chi connectivity index (χ0v) is 18.5. The van der Waals surface area contributed by atoms with E-state index in [4.69, 9.17) is 0 Å². The van der Waals surface area contributed by atoms with E-state index >= 15 is 0 Å². The van der Waals surface area contributed by atoms with Crippen molar-refractivity contribution in [2.75, 3.05) is 5.32 Å². The van der Waals surface area contributed by atoms with Crippen LogP contribution >= 0.6 is 0 Å². The van der Waals surface area contributed by atoms with Crippen molar-refractivity contribution < 1.29 is 0 Å². The van der Waals surface area contributed by atoms with E-state index in [1.54, 1.807) is 6.20 Å². The summed E-state index contributed by atoms with van der Waals surface area (Å²) in [6, 6.07) is 27.6. The number of aromatic amines is 1. The third kappa shape index (κ3) is 4.22. The summed E-state index contributed by atoms with van der Waals surface area (Å²) in [6.07, 6.45) is 7.11. The highest BCUT2D eigenvalue weighted by molar-refractivity contribution is 5.89. The Morgan fingerprint density at radius 3 is 2.45 bits per heavy atom. The van der Waals surface area contributed by atoms with Crippen LogP contribution < -0.4 is 5.32 Å². The van der Waals surface area contributed by atoms with E-state index in [1.165, 1.54) is 22.1 Å². The molecule has 0 aliphatic heterocycles. The number of fused-ring (bicyclic) bond motifs is 1. The second-order valence-electron chi connectivity index (χ2n) is 8.20. The average molecular weight is 429 g/mol. The van der Waals surface area contributed by atoms with E-state index in [0.717, 1.165) is 40.9 Å². The number of anilines is 2. The van der Waals surface area contributed by atoms with Crippen LogP contribution in [0, 0.1) is 18.3 Å². The van der Waals surface area contributed by atoms with E-state index in [1.807, 2.05) is 18.5 Å². The molecule has 4 heteroatoms. The molecular formula is C29H24N4. The third-order valence-electron chi connectivity index (χ3n) is 6.15. The maximum absolute atomic E-state index is 9.72. The molecule has 0 spiro atoms. The van der Waals surface area contributed by atoms with Crippen LogP contribution in [-0.4, -0.2) is 9.97 Å². The highest BCUT2D eigenvalue weighted by Crippen LogP contribution is 2.31. The lowest BCUT2D eigenvalue weighted by Crippen LogP contribution is -2.03. The fourth-order valence-electron chi connectivity index (χ4n) is 4.25. The Balaban J connectivity index is 1.39. The van der Waals surface area contributed by atoms with Gasteiger partial charge >= 0.3 is 0 Å². The molecule has 0 fully saturated rings. The number of nitriles is 1. The highest BCUT2D eigenvalue weighted by Gasteiger charge is 2.12. The van der Waals surface area contributed by atoms with Gasteiger partial charge in [-0.25, -0.2) is 0 Å². The molecule has 2 N–H and O–H groups in total. The first-order valence-corrected chi connectivity index (χ1v) is 11.1. The molecule has 0 unspecified atom stereocenters. The maximum atomic E-state index is 9.72. The van der Waals surface area contributed by atoms with Gasteiger partial charge in [0.2, 0.25) is 0 Å². The van der Waals surface area contributed by atoms with E-state index in [2.05, 4.69) is 95.0 Å². The molecule has 0 radical (unpaired) electrons. The monoisotopic (exact) mass is 428 g/mol. The molecule has 160 valence electrons. The maximum Gasteiger partial charge on any atom is 0.103 e. The van der Waals surface area contributed by atoms with Gasteiger partial charge < -0.3 is 10.3 Å². The molecular weight excluding hydrogens is 404 g/mol. The van der Waals surface area contributed by atoms with Crippen LogP contribution in [0.15, 0.2) is 91.4 Å². The minimum atomic E-state index is 0.556. The second-order valence-corrected chi connectivity index (χ2v) is 8.20. The van der Waals surface area contributed by atoms with Gasteiger partial charge in [0.25, 0.3) is 0 Å². The third-order valence-corrected chi connectivity index (χ3v) is 6.15. The molecule has 0 amide bonds. The predicted octanol–water partition coefficient (Wildman–Crippen LogP) is 6.94. The lowest BCUT2D eigenvalue weighted by atomic mass is 9.99. The van der Waals surface area contributed by atoms with Crippen LogP contribution in [0.2, 0.25) is 0 Å². The molecule has 33 heavy (non-hydrogen) atoms. The van der Waals surface area contributed by atoms with Gasteiger partial charge in [-0.15, -0.1) is 0 Å². The largest absolute Gasteiger partial charge is 0.361 e. The summed E-state index contributed by atoms with van der Waals surface area (Å²) in [4.78, 5) is 7.57. The Bertz CT molecular complexity index is 1440. The first-order chi connectivity index (χ1) is 16.2. The Morgan fingerprint density at radius 1 is 0.879 bits per heavy atom. The van der Waals surface area contributed by atoms with Crippen LogP contribution in [0.4, 0.5) is 11.4 Å². The fourth-order valence-corrected chi connectivity index (χ4v) is 4.25. The smallest absolute Gasteiger partial charge is 0.103 e. The van der Waals surface area contributed by atoms with Gasteiger partial charge in [-0.3, -0.25) is 4.98 Å². The molecule has 0 saturated heterocycles. The van der Waals surface area contributed by atoms with Crippen molar-refractivity contribution in [2.24, 2.45) is 0 Å². The predicted molar refractivity (Wildman–Crippen MR) is 135 cm³/mol. The lowest BCUT2D eigenvalue weighted by Gasteiger charge is -2.16. The Hall–Kier alpha value is -4.36. The number of hydrogen-bond donors (Lipinski definition) is 2. The minimum Gasteiger partial charge on any atom is -0.361 e. The van der Waals surface area contributed by atoms with Gasteiger partial charge in [0.15, 0.2) is 0 Å². The zero-order valence-electron chi connectivity index (χ0n) is 18.5. The first-order valence-electron chi connectivity index (χ1n) is 11.1.